The molecule has 0 spiro atoms. The average Bonchev–Trinajstić information content (AvgIpc) is 3.41. The average molecular weight is 501 g/mol. The molecule has 2 heterocycles. The summed E-state index contributed by atoms with van der Waals surface area (Å²) in [6.45, 7) is 16.3. The molecule has 0 radical (unpaired) electrons. The zero-order valence-electron chi connectivity index (χ0n) is 23.0. The first kappa shape index (κ1) is 26.1. The highest BCUT2D eigenvalue weighted by atomic mass is 16.5. The van der Waals surface area contributed by atoms with Crippen molar-refractivity contribution < 1.29 is 9.53 Å². The highest BCUT2D eigenvalue weighted by Gasteiger charge is 2.25. The van der Waals surface area contributed by atoms with Crippen LogP contribution in [0.15, 0.2) is 36.4 Å². The molecule has 4 rings (SSSR count). The number of hydrogen-bond donors (Lipinski definition) is 1. The number of fused-ring (bicyclic) bond motifs is 1. The third-order valence-electron chi connectivity index (χ3n) is 6.49. The van der Waals surface area contributed by atoms with Gasteiger partial charge in [-0.25, -0.2) is 0 Å². The van der Waals surface area contributed by atoms with Crippen LogP contribution in [0.4, 0.5) is 11.4 Å². The number of carbonyl (C=O) groups is 1. The van der Waals surface area contributed by atoms with Crippen LogP contribution >= 0.6 is 0 Å². The second kappa shape index (κ2) is 10.2. The van der Waals surface area contributed by atoms with Gasteiger partial charge in [0.1, 0.15) is 5.75 Å². The first-order valence-electron chi connectivity index (χ1n) is 12.7. The van der Waals surface area contributed by atoms with E-state index in [1.807, 2.05) is 12.1 Å². The molecule has 0 aliphatic rings. The van der Waals surface area contributed by atoms with E-state index in [9.17, 15) is 4.79 Å². The summed E-state index contributed by atoms with van der Waals surface area (Å²) in [6, 6.07) is 12.0. The number of carbonyl (C=O) groups excluding carboxylic acids is 1. The van der Waals surface area contributed by atoms with Crippen LogP contribution < -0.4 is 20.2 Å². The third-order valence-corrected chi connectivity index (χ3v) is 6.49. The summed E-state index contributed by atoms with van der Waals surface area (Å²) in [4.78, 5) is 14.0. The number of ether oxygens (including phenoxy) is 1. The summed E-state index contributed by atoms with van der Waals surface area (Å²) >= 11 is 0. The van der Waals surface area contributed by atoms with Crippen molar-refractivity contribution in [2.24, 2.45) is 0 Å². The number of nitrogens with one attached hydrogen (secondary N) is 1. The van der Waals surface area contributed by atoms with Crippen LogP contribution in [0.2, 0.25) is 0 Å². The van der Waals surface area contributed by atoms with Crippen molar-refractivity contribution in [1.29, 1.82) is 0 Å². The fourth-order valence-electron chi connectivity index (χ4n) is 4.58. The second-order valence-electron chi connectivity index (χ2n) is 10.2. The highest BCUT2D eigenvalue weighted by Crippen LogP contribution is 2.32. The largest absolute Gasteiger partial charge is 0.496 e. The van der Waals surface area contributed by atoms with E-state index in [1.54, 1.807) is 17.7 Å². The number of hydrogen-bond acceptors (Lipinski definition) is 6. The molecule has 4 aromatic rings. The Bertz CT molecular complexity index is 1500. The molecule has 0 unspecified atom stereocenters. The van der Waals surface area contributed by atoms with Crippen LogP contribution in [0.25, 0.3) is 23.1 Å². The maximum Gasteiger partial charge on any atom is 0.221 e. The molecule has 0 bridgehead atoms. The van der Waals surface area contributed by atoms with Gasteiger partial charge in [-0.2, -0.15) is 9.61 Å². The van der Waals surface area contributed by atoms with Crippen molar-refractivity contribution in [3.05, 3.63) is 58.4 Å². The lowest BCUT2D eigenvalue weighted by molar-refractivity contribution is -0.114. The lowest BCUT2D eigenvalue weighted by Gasteiger charge is -2.22. The summed E-state index contributed by atoms with van der Waals surface area (Å²) < 4.78 is 7.39. The highest BCUT2D eigenvalue weighted by molar-refractivity contribution is 5.90. The third kappa shape index (κ3) is 5.14. The van der Waals surface area contributed by atoms with Gasteiger partial charge in [0.2, 0.25) is 5.91 Å². The van der Waals surface area contributed by atoms with Crippen molar-refractivity contribution >= 4 is 29.0 Å². The Hall–Kier alpha value is -3.94. The molecule has 0 saturated heterocycles. The summed E-state index contributed by atoms with van der Waals surface area (Å²) in [6.07, 6.45) is 2.16. The maximum absolute atomic E-state index is 11.6. The number of methoxy groups -OCH3 is 1. The lowest BCUT2D eigenvalue weighted by Crippen LogP contribution is -2.22. The minimum absolute atomic E-state index is 0.150. The van der Waals surface area contributed by atoms with E-state index in [1.165, 1.54) is 18.2 Å². The molecular formula is C29H36N6O2. The van der Waals surface area contributed by atoms with E-state index in [2.05, 4.69) is 86.2 Å². The Labute approximate surface area is 218 Å². The molecule has 0 saturated carbocycles. The van der Waals surface area contributed by atoms with Gasteiger partial charge < -0.3 is 15.0 Å². The predicted molar refractivity (Wildman–Crippen MR) is 149 cm³/mol. The molecular weight excluding hydrogens is 464 g/mol. The number of nitrogens with zero attached hydrogens (tertiary/aromatic N) is 5. The van der Waals surface area contributed by atoms with E-state index in [0.29, 0.717) is 28.5 Å². The van der Waals surface area contributed by atoms with Gasteiger partial charge in [-0.1, -0.05) is 26.8 Å². The molecule has 2 aromatic heterocycles. The molecule has 194 valence electrons. The van der Waals surface area contributed by atoms with E-state index in [0.717, 1.165) is 29.6 Å². The normalized spacial score (nSPS) is 12.3. The number of aromatic nitrogens is 4. The van der Waals surface area contributed by atoms with Crippen molar-refractivity contribution in [2.45, 2.75) is 53.9 Å². The number of anilines is 2. The first-order chi connectivity index (χ1) is 17.6. The molecule has 2 aromatic carbocycles. The van der Waals surface area contributed by atoms with Crippen LogP contribution in [0.1, 0.15) is 58.4 Å². The maximum atomic E-state index is 11.6. The van der Waals surface area contributed by atoms with Crippen molar-refractivity contribution in [3.63, 3.8) is 0 Å². The molecule has 37 heavy (non-hydrogen) atoms. The quantitative estimate of drug-likeness (QED) is 0.394. The molecule has 1 amide bonds. The van der Waals surface area contributed by atoms with E-state index in [-0.39, 0.29) is 11.3 Å². The van der Waals surface area contributed by atoms with Gasteiger partial charge in [0.25, 0.3) is 0 Å². The second-order valence-corrected chi connectivity index (χ2v) is 10.2. The first-order valence-corrected chi connectivity index (χ1v) is 12.7. The fraction of sp³-hybridized carbons (Fsp3) is 0.379. The molecule has 0 fully saturated rings. The predicted octanol–water partition coefficient (Wildman–Crippen LogP) is 4.76. The summed E-state index contributed by atoms with van der Waals surface area (Å²) in [7, 11) is 1.61. The summed E-state index contributed by atoms with van der Waals surface area (Å²) in [5, 5.41) is 17.8. The van der Waals surface area contributed by atoms with E-state index >= 15 is 0 Å². The molecule has 8 heteroatoms. The Balaban J connectivity index is 1.92. The van der Waals surface area contributed by atoms with E-state index in [4.69, 9.17) is 9.84 Å². The van der Waals surface area contributed by atoms with Gasteiger partial charge in [-0.3, -0.25) is 4.79 Å². The van der Waals surface area contributed by atoms with Gasteiger partial charge in [0, 0.05) is 42.0 Å². The molecule has 0 atom stereocenters. The summed E-state index contributed by atoms with van der Waals surface area (Å²) in [5.41, 5.74) is 6.27. The van der Waals surface area contributed by atoms with Gasteiger partial charge in [0.05, 0.1) is 18.4 Å². The number of benzene rings is 2. The molecule has 0 aliphatic heterocycles. The standard InChI is InChI=1S/C29H36N6O2/c1-9-34(10-2)22-13-11-20(18(3)15-22)16-24-26(29(5,6)7)33-35-27(31-32-28(24)35)23-17-21(30-19(4)36)12-14-25(23)37-8/h11-17H,9-10H2,1-8H3,(H,30,36). The van der Waals surface area contributed by atoms with Crippen molar-refractivity contribution in [3.8, 4) is 17.1 Å². The number of amides is 1. The van der Waals surface area contributed by atoms with Gasteiger partial charge >= 0.3 is 0 Å². The molecule has 8 nitrogen and oxygen atoms in total. The van der Waals surface area contributed by atoms with Crippen LogP contribution in [0.3, 0.4) is 0 Å². The SMILES string of the molecule is CCN(CC)c1ccc(C=c2c(C(C)(C)C)nn3c(-c4cc(NC(C)=O)ccc4OC)nnc23)c(C)c1. The van der Waals surface area contributed by atoms with Gasteiger partial charge in [0.15, 0.2) is 11.5 Å². The Morgan fingerprint density at radius 1 is 1.11 bits per heavy atom. The van der Waals surface area contributed by atoms with Crippen LogP contribution in [0, 0.1) is 6.92 Å². The molecule has 0 aliphatic carbocycles. The Morgan fingerprint density at radius 3 is 2.43 bits per heavy atom. The topological polar surface area (TPSA) is 84.7 Å². The minimum atomic E-state index is -0.221. The fourth-order valence-corrected chi connectivity index (χ4v) is 4.58. The summed E-state index contributed by atoms with van der Waals surface area (Å²) in [5.74, 6) is 1.03. The zero-order valence-corrected chi connectivity index (χ0v) is 23.0. The number of rotatable bonds is 7. The number of aryl methyl sites for hydroxylation is 1. The minimum Gasteiger partial charge on any atom is -0.496 e. The molecule has 1 N–H and O–H groups in total. The van der Waals surface area contributed by atoms with Gasteiger partial charge in [-0.15, -0.1) is 10.2 Å². The zero-order chi connectivity index (χ0) is 26.9. The van der Waals surface area contributed by atoms with Crippen LogP contribution in [-0.4, -0.2) is 45.9 Å². The van der Waals surface area contributed by atoms with E-state index < -0.39 is 0 Å². The Morgan fingerprint density at radius 2 is 1.84 bits per heavy atom. The Kier molecular flexibility index (Phi) is 7.21. The smallest absolute Gasteiger partial charge is 0.221 e. The lowest BCUT2D eigenvalue weighted by atomic mass is 9.90. The monoisotopic (exact) mass is 500 g/mol. The van der Waals surface area contributed by atoms with Crippen molar-refractivity contribution in [2.75, 3.05) is 30.4 Å². The van der Waals surface area contributed by atoms with Gasteiger partial charge in [-0.05, 0) is 68.3 Å². The van der Waals surface area contributed by atoms with Crippen molar-refractivity contribution in [1.82, 2.24) is 19.8 Å². The van der Waals surface area contributed by atoms with Crippen LogP contribution in [0.5, 0.6) is 5.75 Å². The van der Waals surface area contributed by atoms with Crippen LogP contribution in [-0.2, 0) is 10.2 Å².